The zero-order valence-electron chi connectivity index (χ0n) is 18.7. The van der Waals surface area contributed by atoms with Gasteiger partial charge in [-0.1, -0.05) is 36.4 Å². The molecule has 6 nitrogen and oxygen atoms in total. The molecule has 176 valence electrons. The summed E-state index contributed by atoms with van der Waals surface area (Å²) in [6.45, 7) is 2.18. The van der Waals surface area contributed by atoms with Crippen molar-refractivity contribution in [2.45, 2.75) is 19.8 Å². The number of halogens is 3. The molecule has 3 aromatic carbocycles. The lowest BCUT2D eigenvalue weighted by molar-refractivity contribution is -0.274. The summed E-state index contributed by atoms with van der Waals surface area (Å²) in [6.07, 6.45) is -4.77. The number of alkyl halides is 3. The van der Waals surface area contributed by atoms with Crippen LogP contribution in [0.5, 0.6) is 17.2 Å². The van der Waals surface area contributed by atoms with Gasteiger partial charge in [0.05, 0.1) is 19.7 Å². The van der Waals surface area contributed by atoms with Crippen LogP contribution in [-0.2, 0) is 6.54 Å². The second-order valence-electron chi connectivity index (χ2n) is 7.44. The molecule has 34 heavy (non-hydrogen) atoms. The Hall–Kier alpha value is -4.01. The first-order valence-electron chi connectivity index (χ1n) is 10.4. The van der Waals surface area contributed by atoms with Crippen LogP contribution in [0.25, 0.3) is 22.0 Å². The van der Waals surface area contributed by atoms with E-state index in [4.69, 9.17) is 9.47 Å². The van der Waals surface area contributed by atoms with Crippen molar-refractivity contribution in [3.63, 3.8) is 0 Å². The van der Waals surface area contributed by atoms with Gasteiger partial charge in [0, 0.05) is 23.6 Å². The Morgan fingerprint density at radius 1 is 0.853 bits per heavy atom. The van der Waals surface area contributed by atoms with Gasteiger partial charge in [0.15, 0.2) is 11.5 Å². The maximum Gasteiger partial charge on any atom is 0.573 e. The number of para-hydroxylation sites is 1. The summed E-state index contributed by atoms with van der Waals surface area (Å²) in [5.74, 6) is 2.04. The normalized spacial score (nSPS) is 11.4. The number of hydrogen-bond donors (Lipinski definition) is 1. The van der Waals surface area contributed by atoms with Gasteiger partial charge in [-0.15, -0.1) is 13.2 Å². The Morgan fingerprint density at radius 3 is 2.32 bits per heavy atom. The van der Waals surface area contributed by atoms with E-state index in [2.05, 4.69) is 20.0 Å². The van der Waals surface area contributed by atoms with Crippen molar-refractivity contribution >= 4 is 16.7 Å². The molecule has 0 aliphatic carbocycles. The van der Waals surface area contributed by atoms with E-state index in [1.807, 2.05) is 12.1 Å². The Morgan fingerprint density at radius 2 is 1.59 bits per heavy atom. The van der Waals surface area contributed by atoms with Crippen molar-refractivity contribution in [2.75, 3.05) is 19.5 Å². The molecule has 0 spiro atoms. The predicted octanol–water partition coefficient (Wildman–Crippen LogP) is 6.13. The van der Waals surface area contributed by atoms with Crippen molar-refractivity contribution in [2.24, 2.45) is 0 Å². The fraction of sp³-hybridized carbons (Fsp3) is 0.200. The number of hydrogen-bond acceptors (Lipinski definition) is 6. The minimum absolute atomic E-state index is 0.251. The van der Waals surface area contributed by atoms with Crippen LogP contribution in [0.1, 0.15) is 11.4 Å². The first kappa shape index (κ1) is 23.2. The van der Waals surface area contributed by atoms with Crippen LogP contribution >= 0.6 is 0 Å². The molecule has 0 fully saturated rings. The number of aromatic nitrogens is 2. The van der Waals surface area contributed by atoms with Crippen LogP contribution in [0.15, 0.2) is 60.7 Å². The molecule has 4 rings (SSSR count). The summed E-state index contributed by atoms with van der Waals surface area (Å²) in [5.41, 5.74) is 2.50. The van der Waals surface area contributed by atoms with Crippen molar-refractivity contribution in [1.82, 2.24) is 9.97 Å². The van der Waals surface area contributed by atoms with E-state index in [1.165, 1.54) is 12.1 Å². The summed E-state index contributed by atoms with van der Waals surface area (Å²) in [7, 11) is 3.11. The Labute approximate surface area is 194 Å². The van der Waals surface area contributed by atoms with Gasteiger partial charge in [-0.3, -0.25) is 0 Å². The van der Waals surface area contributed by atoms with E-state index in [0.29, 0.717) is 46.3 Å². The van der Waals surface area contributed by atoms with Crippen LogP contribution in [0.2, 0.25) is 0 Å². The molecule has 0 amide bonds. The SMILES string of the molecule is COc1cc2nc(C)nc(NCc3cccc(-c4ccccc4OC(F)(F)F)c3)c2cc1OC. The number of fused-ring (bicyclic) bond motifs is 1. The monoisotopic (exact) mass is 469 g/mol. The van der Waals surface area contributed by atoms with Gasteiger partial charge in [0.2, 0.25) is 0 Å². The molecule has 0 aliphatic heterocycles. The quantitative estimate of drug-likeness (QED) is 0.351. The Balaban J connectivity index is 1.64. The molecule has 1 heterocycles. The predicted molar refractivity (Wildman–Crippen MR) is 123 cm³/mol. The van der Waals surface area contributed by atoms with Gasteiger partial charge in [-0.2, -0.15) is 0 Å². The third-order valence-electron chi connectivity index (χ3n) is 5.12. The van der Waals surface area contributed by atoms with E-state index < -0.39 is 6.36 Å². The molecule has 0 bridgehead atoms. The van der Waals surface area contributed by atoms with Crippen molar-refractivity contribution < 1.29 is 27.4 Å². The van der Waals surface area contributed by atoms with Gasteiger partial charge in [-0.25, -0.2) is 9.97 Å². The third-order valence-corrected chi connectivity index (χ3v) is 5.12. The number of nitrogens with one attached hydrogen (secondary N) is 1. The van der Waals surface area contributed by atoms with Gasteiger partial charge in [-0.05, 0) is 36.2 Å². The molecule has 9 heteroatoms. The molecule has 0 radical (unpaired) electrons. The zero-order chi connectivity index (χ0) is 24.3. The Kier molecular flexibility index (Phi) is 6.45. The number of ether oxygens (including phenoxy) is 3. The van der Waals surface area contributed by atoms with Crippen LogP contribution in [-0.4, -0.2) is 30.5 Å². The number of benzene rings is 3. The number of nitrogens with zero attached hydrogens (tertiary/aromatic N) is 2. The molecule has 0 saturated carbocycles. The number of anilines is 1. The topological polar surface area (TPSA) is 65.5 Å². The summed E-state index contributed by atoms with van der Waals surface area (Å²) in [4.78, 5) is 8.99. The summed E-state index contributed by atoms with van der Waals surface area (Å²) in [5, 5.41) is 4.06. The average molecular weight is 469 g/mol. The highest BCUT2D eigenvalue weighted by atomic mass is 19.4. The fourth-order valence-electron chi connectivity index (χ4n) is 3.66. The largest absolute Gasteiger partial charge is 0.573 e. The van der Waals surface area contributed by atoms with E-state index >= 15 is 0 Å². The van der Waals surface area contributed by atoms with Gasteiger partial charge in [0.25, 0.3) is 0 Å². The summed E-state index contributed by atoms with van der Waals surface area (Å²) >= 11 is 0. The molecule has 0 unspecified atom stereocenters. The van der Waals surface area contributed by atoms with Crippen LogP contribution in [0, 0.1) is 6.92 Å². The molecular weight excluding hydrogens is 447 g/mol. The maximum atomic E-state index is 12.8. The third kappa shape index (κ3) is 5.14. The number of rotatable bonds is 7. The molecule has 4 aromatic rings. The minimum atomic E-state index is -4.77. The molecule has 0 saturated heterocycles. The highest BCUT2D eigenvalue weighted by Gasteiger charge is 2.32. The van der Waals surface area contributed by atoms with Crippen LogP contribution < -0.4 is 19.5 Å². The highest BCUT2D eigenvalue weighted by Crippen LogP contribution is 2.35. The van der Waals surface area contributed by atoms with Crippen LogP contribution in [0.3, 0.4) is 0 Å². The second kappa shape index (κ2) is 9.46. The maximum absolute atomic E-state index is 12.8. The highest BCUT2D eigenvalue weighted by molar-refractivity contribution is 5.91. The molecular formula is C25H22F3N3O3. The van der Waals surface area contributed by atoms with Crippen molar-refractivity contribution in [1.29, 1.82) is 0 Å². The average Bonchev–Trinajstić information content (AvgIpc) is 2.81. The first-order chi connectivity index (χ1) is 16.3. The molecule has 0 atom stereocenters. The second-order valence-corrected chi connectivity index (χ2v) is 7.44. The fourth-order valence-corrected chi connectivity index (χ4v) is 3.66. The standard InChI is InChI=1S/C25H22F3N3O3/c1-15-30-20-13-23(33-3)22(32-2)12-19(20)24(31-15)29-14-16-7-6-8-17(11-16)18-9-4-5-10-21(18)34-25(26,27)28/h4-13H,14H2,1-3H3,(H,29,30,31). The van der Waals surface area contributed by atoms with Gasteiger partial charge >= 0.3 is 6.36 Å². The lowest BCUT2D eigenvalue weighted by Gasteiger charge is -2.15. The Bertz CT molecular complexity index is 1330. The van der Waals surface area contributed by atoms with Crippen molar-refractivity contribution in [3.05, 3.63) is 72.1 Å². The number of methoxy groups -OCH3 is 2. The van der Waals surface area contributed by atoms with E-state index in [0.717, 1.165) is 10.9 Å². The number of aryl methyl sites for hydroxylation is 1. The lowest BCUT2D eigenvalue weighted by Crippen LogP contribution is -2.17. The van der Waals surface area contributed by atoms with E-state index in [-0.39, 0.29) is 5.75 Å². The summed E-state index contributed by atoms with van der Waals surface area (Å²) < 4.78 is 53.4. The molecule has 0 aliphatic rings. The van der Waals surface area contributed by atoms with Gasteiger partial charge in [0.1, 0.15) is 17.4 Å². The van der Waals surface area contributed by atoms with E-state index in [1.54, 1.807) is 57.5 Å². The molecule has 1 aromatic heterocycles. The minimum Gasteiger partial charge on any atom is -0.493 e. The first-order valence-corrected chi connectivity index (χ1v) is 10.4. The molecule has 1 N–H and O–H groups in total. The van der Waals surface area contributed by atoms with E-state index in [9.17, 15) is 13.2 Å². The smallest absolute Gasteiger partial charge is 0.493 e. The zero-order valence-corrected chi connectivity index (χ0v) is 18.7. The summed E-state index contributed by atoms with van der Waals surface area (Å²) in [6, 6.07) is 16.9. The lowest BCUT2D eigenvalue weighted by atomic mass is 10.0. The van der Waals surface area contributed by atoms with Crippen LogP contribution in [0.4, 0.5) is 19.0 Å². The van der Waals surface area contributed by atoms with Gasteiger partial charge < -0.3 is 19.5 Å². The van der Waals surface area contributed by atoms with Crippen molar-refractivity contribution in [3.8, 4) is 28.4 Å².